The molecule has 0 heterocycles. The quantitative estimate of drug-likeness (QED) is 0.253. The number of rotatable bonds is 8. The summed E-state index contributed by atoms with van der Waals surface area (Å²) < 4.78 is 4.48. The number of aliphatic carboxylic acids is 1. The van der Waals surface area contributed by atoms with E-state index in [1.807, 2.05) is 0 Å². The fourth-order valence-electron chi connectivity index (χ4n) is 0.929. The normalized spacial score (nSPS) is 17.7. The van der Waals surface area contributed by atoms with E-state index in [1.165, 1.54) is 0 Å². The van der Waals surface area contributed by atoms with Gasteiger partial charge in [-0.15, -0.1) is 0 Å². The van der Waals surface area contributed by atoms with Gasteiger partial charge in [0.2, 0.25) is 0 Å². The summed E-state index contributed by atoms with van der Waals surface area (Å²) in [5.74, 6) is -1.24. The summed E-state index contributed by atoms with van der Waals surface area (Å²) in [6.45, 7) is -1.94. The Bertz CT molecular complexity index is 214. The summed E-state index contributed by atoms with van der Waals surface area (Å²) in [4.78, 5) is 10.0. The van der Waals surface area contributed by atoms with E-state index in [1.54, 1.807) is 0 Å². The molecule has 0 saturated heterocycles. The van der Waals surface area contributed by atoms with Crippen molar-refractivity contribution in [1.82, 2.24) is 0 Å². The summed E-state index contributed by atoms with van der Waals surface area (Å²) in [5.41, 5.74) is 0. The van der Waals surface area contributed by atoms with Crippen LogP contribution in [0.5, 0.6) is 0 Å². The molecule has 0 aromatic rings. The zero-order valence-corrected chi connectivity index (χ0v) is 9.89. The maximum absolute atomic E-state index is 10.0. The van der Waals surface area contributed by atoms with Gasteiger partial charge in [-0.2, -0.15) is 0 Å². The van der Waals surface area contributed by atoms with Gasteiger partial charge in [0.05, 0.1) is 13.2 Å². The molecule has 9 heteroatoms. The smallest absolute Gasteiger partial charge is 0.329 e. The molecule has 6 N–H and O–H groups in total. The van der Waals surface area contributed by atoms with Crippen LogP contribution < -0.4 is 0 Å². The van der Waals surface area contributed by atoms with Crippen molar-refractivity contribution >= 4 is 5.97 Å². The molecule has 0 spiro atoms. The minimum Gasteiger partial charge on any atom is -0.480 e. The van der Waals surface area contributed by atoms with Crippen molar-refractivity contribution in [3.8, 4) is 0 Å². The number of carbonyl (C=O) groups is 1. The van der Waals surface area contributed by atoms with Crippen LogP contribution in [0.3, 0.4) is 0 Å². The van der Waals surface area contributed by atoms with Gasteiger partial charge in [-0.1, -0.05) is 0 Å². The van der Waals surface area contributed by atoms with Gasteiger partial charge in [0.1, 0.15) is 31.0 Å². The van der Waals surface area contributed by atoms with Crippen LogP contribution in [0.25, 0.3) is 0 Å². The Kier molecular flexibility index (Phi) is 10.9. The molecule has 0 aromatic heterocycles. The molecule has 0 aromatic carbocycles. The topological polar surface area (TPSA) is 148 Å². The van der Waals surface area contributed by atoms with Gasteiger partial charge in [0.25, 0.3) is 0 Å². The number of ether oxygens (including phenoxy) is 1. The fourth-order valence-corrected chi connectivity index (χ4v) is 0.929. The van der Waals surface area contributed by atoms with Crippen molar-refractivity contribution in [3.05, 3.63) is 0 Å². The van der Waals surface area contributed by atoms with Crippen molar-refractivity contribution in [3.63, 3.8) is 0 Å². The van der Waals surface area contributed by atoms with E-state index in [0.717, 1.165) is 0 Å². The van der Waals surface area contributed by atoms with Crippen LogP contribution in [0.2, 0.25) is 0 Å². The van der Waals surface area contributed by atoms with Gasteiger partial charge in [-0.25, -0.2) is 4.79 Å². The van der Waals surface area contributed by atoms with Crippen molar-refractivity contribution in [2.45, 2.75) is 24.4 Å². The monoisotopic (exact) mass is 296 g/mol. The second-order valence-corrected chi connectivity index (χ2v) is 3.21. The van der Waals surface area contributed by atoms with E-state index >= 15 is 0 Å². The molecule has 8 nitrogen and oxygen atoms in total. The molecule has 0 amide bonds. The van der Waals surface area contributed by atoms with Gasteiger partial charge < -0.3 is 35.4 Å². The first-order valence-corrected chi connectivity index (χ1v) is 4.52. The predicted molar refractivity (Wildman–Crippen MR) is 49.6 cm³/mol. The standard InChI is InChI=1S/C8H16O8.Fe/c9-1-4(10)7(14)8(15)5(11)2-16-3-6(12)13;/h4-5,7-11,14-15H,1-3H2,(H,12,13);/t4-,5+,7-,8-;/m1./s1. The number of hydrogen-bond donors (Lipinski definition) is 6. The largest absolute Gasteiger partial charge is 0.480 e. The molecule has 0 aliphatic rings. The number of aliphatic hydroxyl groups excluding tert-OH is 5. The third-order valence-electron chi connectivity index (χ3n) is 1.84. The van der Waals surface area contributed by atoms with Gasteiger partial charge in [0.15, 0.2) is 0 Å². The summed E-state index contributed by atoms with van der Waals surface area (Å²) in [7, 11) is 0. The summed E-state index contributed by atoms with van der Waals surface area (Å²) in [5, 5.41) is 53.3. The Morgan fingerprint density at radius 2 is 1.53 bits per heavy atom. The van der Waals surface area contributed by atoms with Crippen LogP contribution in [-0.2, 0) is 26.6 Å². The van der Waals surface area contributed by atoms with E-state index in [2.05, 4.69) is 4.74 Å². The van der Waals surface area contributed by atoms with Crippen LogP contribution in [0.1, 0.15) is 0 Å². The van der Waals surface area contributed by atoms with E-state index in [-0.39, 0.29) is 17.1 Å². The van der Waals surface area contributed by atoms with Gasteiger partial charge in [-0.3, -0.25) is 0 Å². The molecule has 0 fully saturated rings. The Labute approximate surface area is 108 Å². The minimum absolute atomic E-state index is 0. The number of hydrogen-bond acceptors (Lipinski definition) is 7. The molecule has 0 rings (SSSR count). The number of carboxylic acid groups (broad SMARTS) is 1. The Hall–Kier alpha value is -0.251. The Balaban J connectivity index is 0. The molecule has 104 valence electrons. The Morgan fingerprint density at radius 3 is 1.94 bits per heavy atom. The zero-order chi connectivity index (χ0) is 12.7. The average Bonchev–Trinajstić information content (AvgIpc) is 2.25. The molecule has 4 atom stereocenters. The molecular formula is C8H16FeO8. The molecule has 0 saturated carbocycles. The van der Waals surface area contributed by atoms with Crippen LogP contribution in [0.15, 0.2) is 0 Å². The third kappa shape index (κ3) is 7.63. The van der Waals surface area contributed by atoms with E-state index in [4.69, 9.17) is 15.3 Å². The molecule has 17 heavy (non-hydrogen) atoms. The first kappa shape index (κ1) is 19.1. The van der Waals surface area contributed by atoms with Crippen LogP contribution >= 0.6 is 0 Å². The van der Waals surface area contributed by atoms with Crippen molar-refractivity contribution < 1.29 is 57.2 Å². The van der Waals surface area contributed by atoms with Crippen molar-refractivity contribution in [2.24, 2.45) is 0 Å². The maximum atomic E-state index is 10.0. The van der Waals surface area contributed by atoms with E-state index < -0.39 is 50.2 Å². The first-order valence-electron chi connectivity index (χ1n) is 4.52. The van der Waals surface area contributed by atoms with Gasteiger partial charge in [0, 0.05) is 17.1 Å². The van der Waals surface area contributed by atoms with Crippen LogP contribution in [0, 0.1) is 0 Å². The average molecular weight is 296 g/mol. The fraction of sp³-hybridized carbons (Fsp3) is 0.875. The minimum atomic E-state index is -1.74. The van der Waals surface area contributed by atoms with Crippen LogP contribution in [-0.4, -0.2) is 80.8 Å². The van der Waals surface area contributed by atoms with Gasteiger partial charge in [-0.05, 0) is 0 Å². The second-order valence-electron chi connectivity index (χ2n) is 3.21. The summed E-state index contributed by atoms with van der Waals surface area (Å²) >= 11 is 0. The maximum Gasteiger partial charge on any atom is 0.329 e. The zero-order valence-electron chi connectivity index (χ0n) is 8.78. The van der Waals surface area contributed by atoms with E-state index in [9.17, 15) is 20.1 Å². The van der Waals surface area contributed by atoms with Crippen molar-refractivity contribution in [2.75, 3.05) is 19.8 Å². The second kappa shape index (κ2) is 9.75. The summed E-state index contributed by atoms with van der Waals surface area (Å²) in [6.07, 6.45) is -6.64. The molecule has 0 aliphatic heterocycles. The Morgan fingerprint density at radius 1 is 1.06 bits per heavy atom. The third-order valence-corrected chi connectivity index (χ3v) is 1.84. The molecule has 0 unspecified atom stereocenters. The molecule has 0 radical (unpaired) electrons. The summed E-state index contributed by atoms with van der Waals surface area (Å²) in [6, 6.07) is 0. The van der Waals surface area contributed by atoms with E-state index in [0.29, 0.717) is 0 Å². The SMILES string of the molecule is O=C(O)COC[C@H](O)[C@@H](O)[C@H](O)[C@H](O)CO.[Fe]. The molecule has 0 aliphatic carbocycles. The van der Waals surface area contributed by atoms with Crippen LogP contribution in [0.4, 0.5) is 0 Å². The first-order chi connectivity index (χ1) is 7.40. The predicted octanol–water partition coefficient (Wildman–Crippen LogP) is -3.48. The van der Waals surface area contributed by atoms with Crippen molar-refractivity contribution in [1.29, 1.82) is 0 Å². The molecule has 0 bridgehead atoms. The number of carboxylic acids is 1. The van der Waals surface area contributed by atoms with Gasteiger partial charge >= 0.3 is 5.97 Å². The molecular weight excluding hydrogens is 280 g/mol. The number of aliphatic hydroxyl groups is 5.